The molecule has 0 amide bonds. The summed E-state index contributed by atoms with van der Waals surface area (Å²) in [5.41, 5.74) is 5.37. The van der Waals surface area contributed by atoms with E-state index >= 15 is 0 Å². The fourth-order valence-electron chi connectivity index (χ4n) is 1.01. The Bertz CT molecular complexity index is 365. The lowest BCUT2D eigenvalue weighted by Gasteiger charge is -2.10. The predicted octanol–water partition coefficient (Wildman–Crippen LogP) is 2.18. The standard InChI is InChI=1S/C9H10F4N2O/c1-5(14)8-7(10)2-6(3-15-8)16-4-9(11,12)13/h2-3,5H,4,14H2,1H3. The Labute approximate surface area is 89.2 Å². The number of nitrogens with two attached hydrogens (primary N) is 1. The third-order valence-corrected chi connectivity index (χ3v) is 1.68. The van der Waals surface area contributed by atoms with Gasteiger partial charge in [-0.25, -0.2) is 4.39 Å². The monoisotopic (exact) mass is 238 g/mol. The Morgan fingerprint density at radius 2 is 2.12 bits per heavy atom. The smallest absolute Gasteiger partial charge is 0.422 e. The SMILES string of the molecule is CC(N)c1ncc(OCC(F)(F)F)cc1F. The van der Waals surface area contributed by atoms with Crippen LogP contribution < -0.4 is 10.5 Å². The van der Waals surface area contributed by atoms with E-state index in [0.29, 0.717) is 0 Å². The van der Waals surface area contributed by atoms with E-state index in [-0.39, 0.29) is 11.4 Å². The molecule has 0 aliphatic heterocycles. The Kier molecular flexibility index (Phi) is 3.69. The molecule has 0 fully saturated rings. The van der Waals surface area contributed by atoms with Crippen molar-refractivity contribution in [2.45, 2.75) is 19.1 Å². The molecule has 1 unspecified atom stereocenters. The van der Waals surface area contributed by atoms with Crippen molar-refractivity contribution in [3.8, 4) is 5.75 Å². The van der Waals surface area contributed by atoms with Crippen molar-refractivity contribution in [1.82, 2.24) is 4.98 Å². The van der Waals surface area contributed by atoms with Crippen LogP contribution in [0.4, 0.5) is 17.6 Å². The first kappa shape index (κ1) is 12.7. The van der Waals surface area contributed by atoms with Crippen LogP contribution in [0, 0.1) is 5.82 Å². The minimum absolute atomic E-state index is 0.0145. The van der Waals surface area contributed by atoms with Gasteiger partial charge < -0.3 is 10.5 Å². The fourth-order valence-corrected chi connectivity index (χ4v) is 1.01. The topological polar surface area (TPSA) is 48.1 Å². The highest BCUT2D eigenvalue weighted by atomic mass is 19.4. The number of alkyl halides is 3. The molecule has 1 atom stereocenters. The molecule has 1 rings (SSSR count). The third kappa shape index (κ3) is 3.65. The summed E-state index contributed by atoms with van der Waals surface area (Å²) in [5, 5.41) is 0. The van der Waals surface area contributed by atoms with Gasteiger partial charge in [0.1, 0.15) is 11.6 Å². The third-order valence-electron chi connectivity index (χ3n) is 1.68. The van der Waals surface area contributed by atoms with Crippen LogP contribution in [0.2, 0.25) is 0 Å². The van der Waals surface area contributed by atoms with E-state index in [9.17, 15) is 17.6 Å². The van der Waals surface area contributed by atoms with E-state index in [2.05, 4.69) is 9.72 Å². The van der Waals surface area contributed by atoms with Crippen molar-refractivity contribution in [2.24, 2.45) is 5.73 Å². The minimum atomic E-state index is -4.46. The molecule has 1 aromatic rings. The average Bonchev–Trinajstić information content (AvgIpc) is 2.13. The summed E-state index contributed by atoms with van der Waals surface area (Å²) in [6, 6.07) is 0.203. The Balaban J connectivity index is 2.74. The summed E-state index contributed by atoms with van der Waals surface area (Å²) in [7, 11) is 0. The van der Waals surface area contributed by atoms with Gasteiger partial charge in [-0.15, -0.1) is 0 Å². The van der Waals surface area contributed by atoms with Crippen molar-refractivity contribution in [3.63, 3.8) is 0 Å². The summed E-state index contributed by atoms with van der Waals surface area (Å²) < 4.78 is 52.9. The number of hydrogen-bond donors (Lipinski definition) is 1. The molecule has 0 aromatic carbocycles. The van der Waals surface area contributed by atoms with E-state index in [1.807, 2.05) is 0 Å². The molecule has 0 saturated heterocycles. The van der Waals surface area contributed by atoms with E-state index in [0.717, 1.165) is 12.3 Å². The maximum atomic E-state index is 13.2. The maximum Gasteiger partial charge on any atom is 0.422 e. The van der Waals surface area contributed by atoms with Crippen LogP contribution in [0.5, 0.6) is 5.75 Å². The van der Waals surface area contributed by atoms with Crippen molar-refractivity contribution >= 4 is 0 Å². The molecular weight excluding hydrogens is 228 g/mol. The molecule has 2 N–H and O–H groups in total. The zero-order valence-electron chi connectivity index (χ0n) is 8.38. The summed E-state index contributed by atoms with van der Waals surface area (Å²) in [6.07, 6.45) is -3.45. The largest absolute Gasteiger partial charge is 0.482 e. The Morgan fingerprint density at radius 3 is 2.56 bits per heavy atom. The quantitative estimate of drug-likeness (QED) is 0.821. The molecule has 0 saturated carbocycles. The molecule has 3 nitrogen and oxygen atoms in total. The fraction of sp³-hybridized carbons (Fsp3) is 0.444. The van der Waals surface area contributed by atoms with Crippen molar-refractivity contribution in [2.75, 3.05) is 6.61 Å². The summed E-state index contributed by atoms with van der Waals surface area (Å²) in [5.74, 6) is -1.06. The van der Waals surface area contributed by atoms with Gasteiger partial charge in [-0.1, -0.05) is 0 Å². The highest BCUT2D eigenvalue weighted by Gasteiger charge is 2.28. The van der Waals surface area contributed by atoms with Gasteiger partial charge in [0.2, 0.25) is 0 Å². The first-order valence-corrected chi connectivity index (χ1v) is 4.40. The molecule has 0 spiro atoms. The van der Waals surface area contributed by atoms with Crippen LogP contribution in [0.25, 0.3) is 0 Å². The van der Waals surface area contributed by atoms with Crippen LogP contribution in [-0.2, 0) is 0 Å². The Morgan fingerprint density at radius 1 is 1.50 bits per heavy atom. The van der Waals surface area contributed by atoms with Crippen LogP contribution in [0.15, 0.2) is 12.3 Å². The highest BCUT2D eigenvalue weighted by Crippen LogP contribution is 2.20. The summed E-state index contributed by atoms with van der Waals surface area (Å²) >= 11 is 0. The molecule has 0 radical (unpaired) electrons. The lowest BCUT2D eigenvalue weighted by atomic mass is 10.2. The number of ether oxygens (including phenoxy) is 1. The van der Waals surface area contributed by atoms with Crippen molar-refractivity contribution < 1.29 is 22.3 Å². The lowest BCUT2D eigenvalue weighted by molar-refractivity contribution is -0.153. The Hall–Kier alpha value is -1.37. The molecule has 0 bridgehead atoms. The van der Waals surface area contributed by atoms with Crippen molar-refractivity contribution in [1.29, 1.82) is 0 Å². The second-order valence-electron chi connectivity index (χ2n) is 3.23. The summed E-state index contributed by atoms with van der Waals surface area (Å²) in [6.45, 7) is 0.0350. The molecule has 1 heterocycles. The number of pyridine rings is 1. The van der Waals surface area contributed by atoms with Crippen molar-refractivity contribution in [3.05, 3.63) is 23.8 Å². The van der Waals surface area contributed by atoms with Gasteiger partial charge in [0, 0.05) is 12.1 Å². The molecular formula is C9H10F4N2O. The first-order valence-electron chi connectivity index (χ1n) is 4.40. The van der Waals surface area contributed by atoms with Gasteiger partial charge in [0.25, 0.3) is 0 Å². The molecule has 7 heteroatoms. The van der Waals surface area contributed by atoms with Crippen LogP contribution >= 0.6 is 0 Å². The van der Waals surface area contributed by atoms with Gasteiger partial charge in [-0.3, -0.25) is 4.98 Å². The van der Waals surface area contributed by atoms with E-state index in [1.54, 1.807) is 0 Å². The van der Waals surface area contributed by atoms with Gasteiger partial charge in [-0.2, -0.15) is 13.2 Å². The first-order chi connectivity index (χ1) is 7.29. The van der Waals surface area contributed by atoms with Gasteiger partial charge >= 0.3 is 6.18 Å². The van der Waals surface area contributed by atoms with Crippen LogP contribution in [0.1, 0.15) is 18.7 Å². The number of nitrogens with zero attached hydrogens (tertiary/aromatic N) is 1. The second-order valence-corrected chi connectivity index (χ2v) is 3.23. The number of rotatable bonds is 3. The van der Waals surface area contributed by atoms with E-state index in [4.69, 9.17) is 5.73 Å². The highest BCUT2D eigenvalue weighted by molar-refractivity contribution is 5.23. The van der Waals surface area contributed by atoms with E-state index in [1.165, 1.54) is 6.92 Å². The summed E-state index contributed by atoms with van der Waals surface area (Å²) in [4.78, 5) is 3.59. The molecule has 0 aliphatic carbocycles. The zero-order chi connectivity index (χ0) is 12.3. The average molecular weight is 238 g/mol. The molecule has 1 aromatic heterocycles. The second kappa shape index (κ2) is 4.65. The van der Waals surface area contributed by atoms with Gasteiger partial charge in [0.05, 0.1) is 11.9 Å². The lowest BCUT2D eigenvalue weighted by Crippen LogP contribution is -2.19. The van der Waals surface area contributed by atoms with Crippen LogP contribution in [0.3, 0.4) is 0 Å². The zero-order valence-corrected chi connectivity index (χ0v) is 8.38. The molecule has 0 aliphatic rings. The molecule has 16 heavy (non-hydrogen) atoms. The normalized spacial score (nSPS) is 13.6. The van der Waals surface area contributed by atoms with E-state index < -0.39 is 24.6 Å². The minimum Gasteiger partial charge on any atom is -0.482 e. The predicted molar refractivity (Wildman–Crippen MR) is 48.3 cm³/mol. The maximum absolute atomic E-state index is 13.2. The number of hydrogen-bond acceptors (Lipinski definition) is 3. The number of halogens is 4. The molecule has 90 valence electrons. The van der Waals surface area contributed by atoms with Gasteiger partial charge in [-0.05, 0) is 6.92 Å². The van der Waals surface area contributed by atoms with Crippen LogP contribution in [-0.4, -0.2) is 17.8 Å². The number of aromatic nitrogens is 1. The van der Waals surface area contributed by atoms with Gasteiger partial charge in [0.15, 0.2) is 6.61 Å².